The third kappa shape index (κ3) is 2.58. The number of imidazole rings is 1. The van der Waals surface area contributed by atoms with Crippen LogP contribution in [0.25, 0.3) is 11.3 Å². The molecular weight excluding hydrogens is 402 g/mol. The zero-order chi connectivity index (χ0) is 20.8. The second kappa shape index (κ2) is 5.87. The smallest absolute Gasteiger partial charge is 0.402 e. The second-order valence-corrected chi connectivity index (χ2v) is 8.86. The van der Waals surface area contributed by atoms with E-state index in [-0.39, 0.29) is 18.0 Å². The number of ether oxygens (including phenoxy) is 1. The minimum Gasteiger partial charge on any atom is -0.402 e. The molecular formula is C20H21F4N5O. The molecule has 0 amide bonds. The lowest BCUT2D eigenvalue weighted by Crippen LogP contribution is -2.28. The number of nitrogens with zero attached hydrogens (tertiary/aromatic N) is 4. The highest BCUT2D eigenvalue weighted by molar-refractivity contribution is 5.64. The number of aromatic nitrogens is 3. The summed E-state index contributed by atoms with van der Waals surface area (Å²) in [4.78, 5) is 10.9. The lowest BCUT2D eigenvalue weighted by atomic mass is 10.1. The van der Waals surface area contributed by atoms with E-state index in [1.54, 1.807) is 0 Å². The van der Waals surface area contributed by atoms with Crippen molar-refractivity contribution in [3.05, 3.63) is 24.3 Å². The van der Waals surface area contributed by atoms with Crippen LogP contribution in [0.1, 0.15) is 18.7 Å². The minimum absolute atomic E-state index is 0.00280. The molecule has 5 aliphatic rings. The Morgan fingerprint density at radius 2 is 2.10 bits per heavy atom. The van der Waals surface area contributed by atoms with E-state index in [9.17, 15) is 17.6 Å². The van der Waals surface area contributed by atoms with Crippen LogP contribution in [0.2, 0.25) is 0 Å². The molecule has 0 radical (unpaired) electrons. The molecule has 2 bridgehead atoms. The number of nitrogens with two attached hydrogens (primary N) is 1. The summed E-state index contributed by atoms with van der Waals surface area (Å²) >= 11 is 0. The Kier molecular flexibility index (Phi) is 3.60. The van der Waals surface area contributed by atoms with E-state index in [1.165, 1.54) is 25.1 Å². The zero-order valence-electron chi connectivity index (χ0n) is 16.1. The van der Waals surface area contributed by atoms with Gasteiger partial charge in [-0.2, -0.15) is 0 Å². The predicted molar refractivity (Wildman–Crippen MR) is 99.3 cm³/mol. The third-order valence-corrected chi connectivity index (χ3v) is 7.12. The Labute approximate surface area is 170 Å². The highest BCUT2D eigenvalue weighted by atomic mass is 19.4. The summed E-state index contributed by atoms with van der Waals surface area (Å²) in [5, 5.41) is 0. The molecule has 4 heterocycles. The van der Waals surface area contributed by atoms with Gasteiger partial charge in [0, 0.05) is 55.3 Å². The van der Waals surface area contributed by atoms with Crippen molar-refractivity contribution in [2.75, 3.05) is 25.5 Å². The molecule has 2 aromatic heterocycles. The Hall–Kier alpha value is -2.36. The standard InChI is InChI=1S/C20H21F4N5O/c21-3-4-28-8-12-16-17(28)19(12,16)29-9-13(27-15(29)5-10-1-2-10)11-6-14(18(25)26-7-11)30-20(22,23)24/h6-7,9-10,12,16-17H,1-5,8H2,(H2,25,26)/t12-,16-,17?,19-/m0/s1. The van der Waals surface area contributed by atoms with Crippen molar-refractivity contribution in [2.24, 2.45) is 17.8 Å². The molecule has 160 valence electrons. The van der Waals surface area contributed by atoms with Crippen LogP contribution in [-0.4, -0.2) is 51.6 Å². The molecule has 4 atom stereocenters. The average molecular weight is 423 g/mol. The molecule has 10 heteroatoms. The van der Waals surface area contributed by atoms with Crippen molar-refractivity contribution in [1.82, 2.24) is 19.4 Å². The van der Waals surface area contributed by atoms with Crippen molar-refractivity contribution in [1.29, 1.82) is 0 Å². The van der Waals surface area contributed by atoms with Crippen LogP contribution in [0.15, 0.2) is 18.5 Å². The van der Waals surface area contributed by atoms with E-state index in [0.29, 0.717) is 41.6 Å². The van der Waals surface area contributed by atoms with E-state index < -0.39 is 12.1 Å². The molecule has 3 aliphatic carbocycles. The maximum atomic E-state index is 12.9. The van der Waals surface area contributed by atoms with Crippen LogP contribution < -0.4 is 10.5 Å². The Bertz CT molecular complexity index is 1010. The van der Waals surface area contributed by atoms with E-state index in [4.69, 9.17) is 10.7 Å². The normalized spacial score (nSPS) is 31.7. The Morgan fingerprint density at radius 3 is 2.77 bits per heavy atom. The highest BCUT2D eigenvalue weighted by Crippen LogP contribution is 2.83. The van der Waals surface area contributed by atoms with E-state index >= 15 is 0 Å². The number of piperidine rings is 1. The van der Waals surface area contributed by atoms with Crippen molar-refractivity contribution >= 4 is 5.82 Å². The van der Waals surface area contributed by atoms with Gasteiger partial charge < -0.3 is 15.0 Å². The summed E-state index contributed by atoms with van der Waals surface area (Å²) in [5.74, 6) is 1.78. The zero-order valence-corrected chi connectivity index (χ0v) is 16.1. The number of halogens is 4. The fraction of sp³-hybridized carbons (Fsp3) is 0.600. The van der Waals surface area contributed by atoms with Crippen LogP contribution in [0.5, 0.6) is 5.75 Å². The van der Waals surface area contributed by atoms with Gasteiger partial charge in [-0.1, -0.05) is 0 Å². The maximum Gasteiger partial charge on any atom is 0.573 e. The highest BCUT2D eigenvalue weighted by Gasteiger charge is 2.93. The largest absolute Gasteiger partial charge is 0.573 e. The molecule has 5 fully saturated rings. The summed E-state index contributed by atoms with van der Waals surface area (Å²) in [6.07, 6.45) is 1.70. The predicted octanol–water partition coefficient (Wildman–Crippen LogP) is 2.99. The topological polar surface area (TPSA) is 69.2 Å². The number of nitrogen functional groups attached to an aromatic ring is 1. The molecule has 6 nitrogen and oxygen atoms in total. The van der Waals surface area contributed by atoms with Crippen molar-refractivity contribution < 1.29 is 22.3 Å². The Balaban J connectivity index is 1.35. The van der Waals surface area contributed by atoms with Gasteiger partial charge in [0.25, 0.3) is 0 Å². The van der Waals surface area contributed by atoms with Gasteiger partial charge in [0.1, 0.15) is 12.5 Å². The van der Waals surface area contributed by atoms with Gasteiger partial charge in [-0.3, -0.25) is 4.90 Å². The number of hydrogen-bond acceptors (Lipinski definition) is 5. The lowest BCUT2D eigenvalue weighted by Gasteiger charge is -2.16. The number of hydrogen-bond donors (Lipinski definition) is 1. The van der Waals surface area contributed by atoms with Crippen molar-refractivity contribution in [3.8, 4) is 17.0 Å². The molecule has 2 aromatic rings. The molecule has 0 aromatic carbocycles. The van der Waals surface area contributed by atoms with Crippen molar-refractivity contribution in [3.63, 3.8) is 0 Å². The van der Waals surface area contributed by atoms with E-state index in [0.717, 1.165) is 18.8 Å². The summed E-state index contributed by atoms with van der Waals surface area (Å²) in [6, 6.07) is 1.59. The molecule has 2 aliphatic heterocycles. The number of alkyl halides is 4. The van der Waals surface area contributed by atoms with Gasteiger partial charge in [-0.15, -0.1) is 13.2 Å². The molecule has 2 N–H and O–H groups in total. The summed E-state index contributed by atoms with van der Waals surface area (Å²) in [6.45, 7) is 1.01. The number of anilines is 1. The van der Waals surface area contributed by atoms with Crippen molar-refractivity contribution in [2.45, 2.75) is 37.2 Å². The first-order chi connectivity index (χ1) is 14.3. The quantitative estimate of drug-likeness (QED) is 0.694. The van der Waals surface area contributed by atoms with Crippen LogP contribution in [0.4, 0.5) is 23.4 Å². The third-order valence-electron chi connectivity index (χ3n) is 7.12. The number of pyridine rings is 1. The van der Waals surface area contributed by atoms with Crippen LogP contribution in [0, 0.1) is 17.8 Å². The fourth-order valence-corrected chi connectivity index (χ4v) is 5.60. The molecule has 3 saturated carbocycles. The first-order valence-electron chi connectivity index (χ1n) is 10.2. The van der Waals surface area contributed by atoms with Gasteiger partial charge >= 0.3 is 6.36 Å². The monoisotopic (exact) mass is 423 g/mol. The SMILES string of the molecule is Nc1ncc(-c2cn([C@]34C5[C@@H]3[C@@H]4CN5CCF)c(CC3CC3)n2)cc1OC(F)(F)F. The second-order valence-electron chi connectivity index (χ2n) is 8.86. The van der Waals surface area contributed by atoms with Gasteiger partial charge in [0.15, 0.2) is 11.6 Å². The van der Waals surface area contributed by atoms with Gasteiger partial charge in [0.2, 0.25) is 0 Å². The van der Waals surface area contributed by atoms with Crippen LogP contribution >= 0.6 is 0 Å². The molecule has 1 unspecified atom stereocenters. The minimum atomic E-state index is -4.85. The van der Waals surface area contributed by atoms with Gasteiger partial charge in [-0.05, 0) is 24.8 Å². The molecule has 30 heavy (non-hydrogen) atoms. The molecule has 7 rings (SSSR count). The number of fused-ring (bicyclic) bond motifs is 1. The lowest BCUT2D eigenvalue weighted by molar-refractivity contribution is -0.274. The van der Waals surface area contributed by atoms with E-state index in [2.05, 4.69) is 19.2 Å². The molecule has 0 spiro atoms. The summed E-state index contributed by atoms with van der Waals surface area (Å²) in [5.41, 5.74) is 6.55. The molecule has 2 saturated heterocycles. The maximum absolute atomic E-state index is 12.9. The fourth-order valence-electron chi connectivity index (χ4n) is 5.60. The first-order valence-corrected chi connectivity index (χ1v) is 10.2. The average Bonchev–Trinajstić information content (AvgIpc) is 3.60. The first kappa shape index (κ1) is 18.4. The van der Waals surface area contributed by atoms with E-state index in [1.807, 2.05) is 6.20 Å². The van der Waals surface area contributed by atoms with Crippen LogP contribution in [-0.2, 0) is 12.0 Å². The Morgan fingerprint density at radius 1 is 1.30 bits per heavy atom. The van der Waals surface area contributed by atoms with Crippen LogP contribution in [0.3, 0.4) is 0 Å². The number of rotatable bonds is 7. The summed E-state index contributed by atoms with van der Waals surface area (Å²) in [7, 11) is 0. The van der Waals surface area contributed by atoms with Gasteiger partial charge in [-0.25, -0.2) is 14.4 Å². The van der Waals surface area contributed by atoms with Gasteiger partial charge in [0.05, 0.1) is 11.2 Å². The summed E-state index contributed by atoms with van der Waals surface area (Å²) < 4.78 is 57.2.